The van der Waals surface area contributed by atoms with Crippen molar-refractivity contribution < 1.29 is 23.5 Å². The zero-order valence-corrected chi connectivity index (χ0v) is 18.7. The van der Waals surface area contributed by atoms with Gasteiger partial charge >= 0.3 is 5.97 Å². The lowest BCUT2D eigenvalue weighted by Crippen LogP contribution is -2.57. The molecule has 2 heterocycles. The third-order valence-corrected chi connectivity index (χ3v) is 5.85. The van der Waals surface area contributed by atoms with Crippen molar-refractivity contribution in [1.82, 2.24) is 10.2 Å². The van der Waals surface area contributed by atoms with Gasteiger partial charge in [-0.3, -0.25) is 14.9 Å². The topological polar surface area (TPSA) is 83.5 Å². The molecule has 2 atom stereocenters. The lowest BCUT2D eigenvalue weighted by molar-refractivity contribution is -0.153. The van der Waals surface area contributed by atoms with Gasteiger partial charge in [0.2, 0.25) is 11.9 Å². The van der Waals surface area contributed by atoms with Gasteiger partial charge in [-0.2, -0.15) is 0 Å². The van der Waals surface area contributed by atoms with E-state index in [2.05, 4.69) is 10.2 Å². The summed E-state index contributed by atoms with van der Waals surface area (Å²) in [6.45, 7) is 4.49. The molecule has 0 saturated carbocycles. The molecule has 8 nitrogen and oxygen atoms in total. The molecule has 0 bridgehead atoms. The average Bonchev–Trinajstić information content (AvgIpc) is 2.84. The number of ether oxygens (including phenoxy) is 2. The van der Waals surface area contributed by atoms with Gasteiger partial charge in [0.15, 0.2) is 5.92 Å². The summed E-state index contributed by atoms with van der Waals surface area (Å²) in [7, 11) is 1.65. The van der Waals surface area contributed by atoms with Crippen LogP contribution in [0.3, 0.4) is 0 Å². The number of halogens is 1. The van der Waals surface area contributed by atoms with Crippen molar-refractivity contribution in [2.45, 2.75) is 13.0 Å². The average molecular weight is 455 g/mol. The van der Waals surface area contributed by atoms with Crippen LogP contribution in [0.1, 0.15) is 18.5 Å². The molecule has 2 aromatic rings. The van der Waals surface area contributed by atoms with E-state index in [-0.39, 0.29) is 6.61 Å². The molecule has 2 aliphatic heterocycles. The number of carbonyl (C=O) groups excluding carboxylic acids is 2. The highest BCUT2D eigenvalue weighted by molar-refractivity contribution is 6.08. The normalized spacial score (nSPS) is 20.7. The molecule has 0 radical (unpaired) electrons. The molecular formula is C24H27FN4O4. The van der Waals surface area contributed by atoms with E-state index in [0.717, 1.165) is 11.4 Å². The molecule has 0 unspecified atom stereocenters. The molecule has 1 N–H and O–H groups in total. The van der Waals surface area contributed by atoms with Gasteiger partial charge in [0.1, 0.15) is 17.6 Å². The molecule has 1 fully saturated rings. The second-order valence-corrected chi connectivity index (χ2v) is 7.81. The van der Waals surface area contributed by atoms with Crippen LogP contribution in [0.25, 0.3) is 0 Å². The Morgan fingerprint density at radius 2 is 1.76 bits per heavy atom. The van der Waals surface area contributed by atoms with Crippen LogP contribution in [0.4, 0.5) is 10.1 Å². The van der Waals surface area contributed by atoms with Crippen LogP contribution >= 0.6 is 0 Å². The highest BCUT2D eigenvalue weighted by atomic mass is 19.1. The Bertz CT molecular complexity index is 1040. The van der Waals surface area contributed by atoms with Gasteiger partial charge in [0.05, 0.1) is 19.4 Å². The van der Waals surface area contributed by atoms with Gasteiger partial charge in [0, 0.05) is 26.2 Å². The van der Waals surface area contributed by atoms with Crippen LogP contribution in [-0.4, -0.2) is 62.6 Å². The van der Waals surface area contributed by atoms with Gasteiger partial charge in [-0.05, 0) is 36.8 Å². The maximum atomic E-state index is 13.5. The minimum absolute atomic E-state index is 0.153. The number of hydrogen-bond donors (Lipinski definition) is 1. The number of rotatable bonds is 5. The predicted octanol–water partition coefficient (Wildman–Crippen LogP) is 2.36. The summed E-state index contributed by atoms with van der Waals surface area (Å²) >= 11 is 0. The molecule has 0 aromatic heterocycles. The number of nitrogens with zero attached hydrogens (tertiary/aromatic N) is 3. The predicted molar refractivity (Wildman–Crippen MR) is 122 cm³/mol. The van der Waals surface area contributed by atoms with Crippen molar-refractivity contribution >= 4 is 23.5 Å². The number of guanidine groups is 1. The molecular weight excluding hydrogens is 427 g/mol. The van der Waals surface area contributed by atoms with Gasteiger partial charge in [-0.15, -0.1) is 0 Å². The Kier molecular flexibility index (Phi) is 6.76. The summed E-state index contributed by atoms with van der Waals surface area (Å²) in [6.07, 6.45) is 0. The van der Waals surface area contributed by atoms with E-state index in [4.69, 9.17) is 14.5 Å². The molecule has 0 aliphatic carbocycles. The van der Waals surface area contributed by atoms with Crippen molar-refractivity contribution in [2.75, 3.05) is 44.8 Å². The number of esters is 1. The van der Waals surface area contributed by atoms with Crippen molar-refractivity contribution in [1.29, 1.82) is 0 Å². The van der Waals surface area contributed by atoms with Crippen LogP contribution in [0.2, 0.25) is 0 Å². The Morgan fingerprint density at radius 1 is 1.09 bits per heavy atom. The second-order valence-electron chi connectivity index (χ2n) is 7.81. The Morgan fingerprint density at radius 3 is 2.42 bits per heavy atom. The summed E-state index contributed by atoms with van der Waals surface area (Å²) in [6, 6.07) is 12.7. The number of piperazine rings is 1. The Labute approximate surface area is 192 Å². The first-order valence-corrected chi connectivity index (χ1v) is 11.0. The zero-order valence-electron chi connectivity index (χ0n) is 18.7. The Hall–Kier alpha value is -3.62. The third-order valence-electron chi connectivity index (χ3n) is 5.85. The minimum atomic E-state index is -1.13. The quantitative estimate of drug-likeness (QED) is 0.552. The molecule has 0 spiro atoms. The fourth-order valence-electron chi connectivity index (χ4n) is 4.18. The first-order chi connectivity index (χ1) is 16.0. The summed E-state index contributed by atoms with van der Waals surface area (Å²) in [5.74, 6) is -1.43. The summed E-state index contributed by atoms with van der Waals surface area (Å²) in [4.78, 5) is 34.4. The second kappa shape index (κ2) is 9.89. The number of carbonyl (C=O) groups is 2. The van der Waals surface area contributed by atoms with Crippen LogP contribution in [0.5, 0.6) is 5.75 Å². The maximum absolute atomic E-state index is 13.5. The largest absolute Gasteiger partial charge is 0.495 e. The van der Waals surface area contributed by atoms with Crippen molar-refractivity contribution in [3.8, 4) is 5.75 Å². The van der Waals surface area contributed by atoms with E-state index >= 15 is 0 Å². The number of hydrogen-bond acceptors (Lipinski definition) is 7. The maximum Gasteiger partial charge on any atom is 0.321 e. The first-order valence-electron chi connectivity index (χ1n) is 11.0. The van der Waals surface area contributed by atoms with Crippen LogP contribution < -0.4 is 15.0 Å². The standard InChI is InChI=1S/C24H27FN4O4/c1-3-33-23(31)20-21(16-8-10-17(25)11-9-16)26-24(27-22(20)30)29-14-12-28(13-15-29)18-6-4-5-7-19(18)32-2/h4-11,20-21H,3,12-15H2,1-2H3,(H,26,27,30)/t20-,21-/m0/s1. The number of anilines is 1. The molecule has 174 valence electrons. The number of nitrogens with one attached hydrogen (secondary N) is 1. The molecule has 9 heteroatoms. The van der Waals surface area contributed by atoms with E-state index in [0.29, 0.717) is 37.7 Å². The van der Waals surface area contributed by atoms with E-state index in [1.807, 2.05) is 29.2 Å². The monoisotopic (exact) mass is 454 g/mol. The number of benzene rings is 2. The van der Waals surface area contributed by atoms with Gasteiger partial charge in [-0.25, -0.2) is 9.38 Å². The third kappa shape index (κ3) is 4.76. The smallest absolute Gasteiger partial charge is 0.321 e. The molecule has 1 saturated heterocycles. The van der Waals surface area contributed by atoms with Crippen molar-refractivity contribution in [3.63, 3.8) is 0 Å². The summed E-state index contributed by atoms with van der Waals surface area (Å²) in [5, 5.41) is 2.78. The lowest BCUT2D eigenvalue weighted by Gasteiger charge is -2.40. The summed E-state index contributed by atoms with van der Waals surface area (Å²) in [5.41, 5.74) is 1.59. The fraction of sp³-hybridized carbons (Fsp3) is 0.375. The van der Waals surface area contributed by atoms with E-state index in [9.17, 15) is 14.0 Å². The van der Waals surface area contributed by atoms with Gasteiger partial charge in [-0.1, -0.05) is 24.3 Å². The van der Waals surface area contributed by atoms with Crippen LogP contribution in [0, 0.1) is 11.7 Å². The lowest BCUT2D eigenvalue weighted by atomic mass is 9.91. The molecule has 1 amide bonds. The number of methoxy groups -OCH3 is 1. The van der Waals surface area contributed by atoms with E-state index in [1.54, 1.807) is 26.2 Å². The first kappa shape index (κ1) is 22.6. The minimum Gasteiger partial charge on any atom is -0.495 e. The Balaban J connectivity index is 1.56. The number of amides is 1. The fourth-order valence-corrected chi connectivity index (χ4v) is 4.18. The zero-order chi connectivity index (χ0) is 23.4. The van der Waals surface area contributed by atoms with Crippen LogP contribution in [0.15, 0.2) is 53.5 Å². The highest BCUT2D eigenvalue weighted by Gasteiger charge is 2.42. The highest BCUT2D eigenvalue weighted by Crippen LogP contribution is 2.32. The number of aliphatic imine (C=N–C) groups is 1. The SMILES string of the molecule is CCOC(=O)[C@@H]1C(=O)NC(N2CCN(c3ccccc3OC)CC2)=N[C@H]1c1ccc(F)cc1. The van der Waals surface area contributed by atoms with E-state index < -0.39 is 29.7 Å². The molecule has 33 heavy (non-hydrogen) atoms. The van der Waals surface area contributed by atoms with Crippen molar-refractivity contribution in [3.05, 3.63) is 59.9 Å². The number of para-hydroxylation sites is 2. The summed E-state index contributed by atoms with van der Waals surface area (Å²) < 4.78 is 24.1. The van der Waals surface area contributed by atoms with Crippen molar-refractivity contribution in [2.24, 2.45) is 10.9 Å². The van der Waals surface area contributed by atoms with Crippen LogP contribution in [-0.2, 0) is 14.3 Å². The van der Waals surface area contributed by atoms with E-state index in [1.165, 1.54) is 12.1 Å². The molecule has 2 aromatic carbocycles. The van der Waals surface area contributed by atoms with Gasteiger partial charge in [0.25, 0.3) is 0 Å². The van der Waals surface area contributed by atoms with Gasteiger partial charge < -0.3 is 19.3 Å². The molecule has 2 aliphatic rings. The molecule has 4 rings (SSSR count).